The third kappa shape index (κ3) is 6.93. The summed E-state index contributed by atoms with van der Waals surface area (Å²) >= 11 is 10.7. The van der Waals surface area contributed by atoms with Gasteiger partial charge in [0.25, 0.3) is 0 Å². The number of thioether (sulfide) groups is 1. The summed E-state index contributed by atoms with van der Waals surface area (Å²) in [4.78, 5) is 12.9. The van der Waals surface area contributed by atoms with Crippen LogP contribution in [0.25, 0.3) is 0 Å². The molecule has 142 valence electrons. The van der Waals surface area contributed by atoms with E-state index < -0.39 is 0 Å². The number of carbonyl (C=O) groups is 1. The largest absolute Gasteiger partial charge is 0.493 e. The van der Waals surface area contributed by atoms with Crippen molar-refractivity contribution in [1.29, 1.82) is 0 Å². The lowest BCUT2D eigenvalue weighted by atomic mass is 10.2. The van der Waals surface area contributed by atoms with E-state index in [2.05, 4.69) is 33.0 Å². The van der Waals surface area contributed by atoms with Gasteiger partial charge in [-0.1, -0.05) is 24.3 Å². The van der Waals surface area contributed by atoms with E-state index in [1.807, 2.05) is 18.2 Å². The fraction of sp³-hybridized carbons (Fsp3) is 0.158. The van der Waals surface area contributed by atoms with Crippen LogP contribution < -0.4 is 14.9 Å². The lowest BCUT2D eigenvalue weighted by molar-refractivity contribution is -0.118. The molecule has 0 saturated heterocycles. The Morgan fingerprint density at radius 2 is 2.11 bits per heavy atom. The van der Waals surface area contributed by atoms with E-state index in [0.29, 0.717) is 23.1 Å². The predicted molar refractivity (Wildman–Crippen MR) is 114 cm³/mol. The Balaban J connectivity index is 1.92. The topological polar surface area (TPSA) is 59.9 Å². The molecule has 0 aliphatic rings. The molecule has 0 spiro atoms. The quantitative estimate of drug-likeness (QED) is 0.245. The molecule has 0 heterocycles. The number of carbonyl (C=O) groups excluding carboxylic acids is 1. The molecule has 1 N–H and O–H groups in total. The van der Waals surface area contributed by atoms with Gasteiger partial charge < -0.3 is 9.47 Å². The molecule has 0 aliphatic carbocycles. The first-order valence-electron chi connectivity index (χ1n) is 7.85. The van der Waals surface area contributed by atoms with Crippen molar-refractivity contribution in [2.75, 3.05) is 19.5 Å². The molecule has 0 radical (unpaired) electrons. The standard InChI is InChI=1S/C19H18BrClN2O3S/c1-3-8-26-19-16(20)9-13(10-17(19)25-2)11-22-23-18(24)12-27-15-6-4-14(21)5-7-15/h3-7,9-11H,1,8,12H2,2H3,(H,23,24)/b22-11-. The summed E-state index contributed by atoms with van der Waals surface area (Å²) in [7, 11) is 1.55. The number of ether oxygens (including phenoxy) is 2. The molecule has 2 aromatic carbocycles. The highest BCUT2D eigenvalue weighted by Crippen LogP contribution is 2.36. The van der Waals surface area contributed by atoms with E-state index in [0.717, 1.165) is 14.9 Å². The second-order valence-electron chi connectivity index (χ2n) is 5.17. The number of methoxy groups -OCH3 is 1. The van der Waals surface area contributed by atoms with Crippen LogP contribution in [0.1, 0.15) is 5.56 Å². The molecule has 5 nitrogen and oxygen atoms in total. The first kappa shape index (κ1) is 21.3. The summed E-state index contributed by atoms with van der Waals surface area (Å²) in [5, 5.41) is 4.65. The van der Waals surface area contributed by atoms with Gasteiger partial charge in [0.1, 0.15) is 6.61 Å². The van der Waals surface area contributed by atoms with Crippen LogP contribution in [0.5, 0.6) is 11.5 Å². The van der Waals surface area contributed by atoms with Gasteiger partial charge in [0, 0.05) is 9.92 Å². The van der Waals surface area contributed by atoms with Crippen LogP contribution in [0.4, 0.5) is 0 Å². The summed E-state index contributed by atoms with van der Waals surface area (Å²) in [6.45, 7) is 3.99. The van der Waals surface area contributed by atoms with Gasteiger partial charge >= 0.3 is 0 Å². The Bertz CT molecular complexity index is 828. The lowest BCUT2D eigenvalue weighted by Crippen LogP contribution is -2.19. The van der Waals surface area contributed by atoms with Crippen LogP contribution in [-0.2, 0) is 4.79 Å². The highest BCUT2D eigenvalue weighted by atomic mass is 79.9. The van der Waals surface area contributed by atoms with Gasteiger partial charge in [-0.2, -0.15) is 5.10 Å². The van der Waals surface area contributed by atoms with Crippen molar-refractivity contribution in [1.82, 2.24) is 5.43 Å². The zero-order valence-electron chi connectivity index (χ0n) is 14.6. The van der Waals surface area contributed by atoms with Crippen LogP contribution in [0.3, 0.4) is 0 Å². The first-order valence-corrected chi connectivity index (χ1v) is 10.0. The Morgan fingerprint density at radius 3 is 2.78 bits per heavy atom. The third-order valence-electron chi connectivity index (χ3n) is 3.18. The van der Waals surface area contributed by atoms with Gasteiger partial charge in [0.05, 0.1) is 23.5 Å². The number of nitrogens with zero attached hydrogens (tertiary/aromatic N) is 1. The smallest absolute Gasteiger partial charge is 0.250 e. The van der Waals surface area contributed by atoms with Crippen molar-refractivity contribution in [3.8, 4) is 11.5 Å². The average Bonchev–Trinajstić information content (AvgIpc) is 2.66. The molecule has 0 aliphatic heterocycles. The maximum Gasteiger partial charge on any atom is 0.250 e. The number of hydrazone groups is 1. The number of hydrogen-bond donors (Lipinski definition) is 1. The van der Waals surface area contributed by atoms with Crippen molar-refractivity contribution in [2.24, 2.45) is 5.10 Å². The van der Waals surface area contributed by atoms with Crippen molar-refractivity contribution in [2.45, 2.75) is 4.90 Å². The molecule has 2 rings (SSSR count). The average molecular weight is 470 g/mol. The van der Waals surface area contributed by atoms with Gasteiger partial charge in [-0.15, -0.1) is 11.8 Å². The molecule has 0 fully saturated rings. The molecular weight excluding hydrogens is 452 g/mol. The minimum atomic E-state index is -0.205. The van der Waals surface area contributed by atoms with Crippen molar-refractivity contribution in [3.63, 3.8) is 0 Å². The lowest BCUT2D eigenvalue weighted by Gasteiger charge is -2.12. The minimum absolute atomic E-state index is 0.205. The van der Waals surface area contributed by atoms with Gasteiger partial charge in [-0.25, -0.2) is 5.43 Å². The Morgan fingerprint density at radius 1 is 1.37 bits per heavy atom. The number of benzene rings is 2. The third-order valence-corrected chi connectivity index (χ3v) is 5.04. The molecular formula is C19H18BrClN2O3S. The minimum Gasteiger partial charge on any atom is -0.493 e. The second-order valence-corrected chi connectivity index (χ2v) is 7.51. The summed E-state index contributed by atoms with van der Waals surface area (Å²) in [6.07, 6.45) is 3.19. The highest BCUT2D eigenvalue weighted by Gasteiger charge is 2.10. The van der Waals surface area contributed by atoms with Crippen LogP contribution in [-0.4, -0.2) is 31.6 Å². The predicted octanol–water partition coefficient (Wildman–Crippen LogP) is 4.92. The van der Waals surface area contributed by atoms with Gasteiger partial charge in [0.2, 0.25) is 5.91 Å². The van der Waals surface area contributed by atoms with Gasteiger partial charge in [-0.3, -0.25) is 4.79 Å². The van der Waals surface area contributed by atoms with Crippen LogP contribution in [0.2, 0.25) is 5.02 Å². The monoisotopic (exact) mass is 468 g/mol. The highest BCUT2D eigenvalue weighted by molar-refractivity contribution is 9.10. The molecule has 8 heteroatoms. The molecule has 1 amide bonds. The number of nitrogens with one attached hydrogen (secondary N) is 1. The van der Waals surface area contributed by atoms with Crippen molar-refractivity contribution < 1.29 is 14.3 Å². The Labute approximate surface area is 175 Å². The molecule has 0 unspecified atom stereocenters. The SMILES string of the molecule is C=CCOc1c(Br)cc(/C=N\NC(=O)CSc2ccc(Cl)cc2)cc1OC. The van der Waals surface area contributed by atoms with E-state index in [1.54, 1.807) is 31.4 Å². The summed E-state index contributed by atoms with van der Waals surface area (Å²) < 4.78 is 11.6. The first-order chi connectivity index (χ1) is 13.0. The normalized spacial score (nSPS) is 10.6. The van der Waals surface area contributed by atoms with E-state index in [1.165, 1.54) is 18.0 Å². The van der Waals surface area contributed by atoms with Crippen molar-refractivity contribution >= 4 is 51.4 Å². The fourth-order valence-electron chi connectivity index (χ4n) is 1.99. The molecule has 27 heavy (non-hydrogen) atoms. The van der Waals surface area contributed by atoms with Gasteiger partial charge in [-0.05, 0) is 57.9 Å². The maximum absolute atomic E-state index is 11.9. The number of halogens is 2. The van der Waals surface area contributed by atoms with Crippen LogP contribution in [0.15, 0.2) is 63.5 Å². The van der Waals surface area contributed by atoms with Crippen LogP contribution in [0, 0.1) is 0 Å². The maximum atomic E-state index is 11.9. The second kappa shape index (κ2) is 11.0. The molecule has 0 saturated carbocycles. The van der Waals surface area contributed by atoms with E-state index in [4.69, 9.17) is 21.1 Å². The van der Waals surface area contributed by atoms with Crippen LogP contribution >= 0.6 is 39.3 Å². The summed E-state index contributed by atoms with van der Waals surface area (Å²) in [5.74, 6) is 1.18. The Hall–Kier alpha value is -1.96. The van der Waals surface area contributed by atoms with E-state index in [-0.39, 0.29) is 11.7 Å². The molecule has 0 bridgehead atoms. The fourth-order valence-corrected chi connectivity index (χ4v) is 3.38. The van der Waals surface area contributed by atoms with E-state index in [9.17, 15) is 4.79 Å². The Kier molecular flexibility index (Phi) is 8.71. The zero-order chi connectivity index (χ0) is 19.6. The number of amides is 1. The number of hydrogen-bond acceptors (Lipinski definition) is 5. The zero-order valence-corrected chi connectivity index (χ0v) is 17.7. The van der Waals surface area contributed by atoms with Gasteiger partial charge in [0.15, 0.2) is 11.5 Å². The molecule has 0 atom stereocenters. The van der Waals surface area contributed by atoms with E-state index >= 15 is 0 Å². The van der Waals surface area contributed by atoms with Crippen molar-refractivity contribution in [3.05, 3.63) is 64.1 Å². The summed E-state index contributed by atoms with van der Waals surface area (Å²) in [6, 6.07) is 10.9. The molecule has 0 aromatic heterocycles. The summed E-state index contributed by atoms with van der Waals surface area (Å²) in [5.41, 5.74) is 3.25. The molecule has 2 aromatic rings. The number of rotatable bonds is 9.